The van der Waals surface area contributed by atoms with E-state index in [4.69, 9.17) is 4.74 Å². The minimum atomic E-state index is -0.641. The minimum Gasteiger partial charge on any atom is -0.489 e. The quantitative estimate of drug-likeness (QED) is 0.779. The molecule has 0 aromatic heterocycles. The average molecular weight is 356 g/mol. The van der Waals surface area contributed by atoms with Gasteiger partial charge < -0.3 is 15.2 Å². The van der Waals surface area contributed by atoms with E-state index in [1.165, 1.54) is 0 Å². The number of hydrogen-bond acceptors (Lipinski definition) is 3. The Labute approximate surface area is 136 Å². The van der Waals surface area contributed by atoms with Crippen LogP contribution < -0.4 is 10.1 Å². The molecule has 4 heteroatoms. The fourth-order valence-corrected chi connectivity index (χ4v) is 3.26. The van der Waals surface area contributed by atoms with Gasteiger partial charge in [0.1, 0.15) is 12.4 Å². The number of para-hydroxylation sites is 1. The van der Waals surface area contributed by atoms with Gasteiger partial charge in [0.15, 0.2) is 0 Å². The molecular weight excluding hydrogens is 330 g/mol. The summed E-state index contributed by atoms with van der Waals surface area (Å²) in [6, 6.07) is 6.08. The number of ether oxygens (including phenoxy) is 1. The molecule has 2 N–H and O–H groups in total. The lowest BCUT2D eigenvalue weighted by Crippen LogP contribution is -2.32. The molecule has 0 atom stereocenters. The normalized spacial score (nSPS) is 17.4. The third-order valence-electron chi connectivity index (χ3n) is 3.94. The predicted molar refractivity (Wildman–Crippen MR) is 89.6 cm³/mol. The Balaban J connectivity index is 1.99. The number of benzene rings is 1. The third kappa shape index (κ3) is 4.97. The molecule has 118 valence electrons. The van der Waals surface area contributed by atoms with Gasteiger partial charge in [0.25, 0.3) is 0 Å². The van der Waals surface area contributed by atoms with Crippen molar-refractivity contribution in [3.8, 4) is 5.75 Å². The van der Waals surface area contributed by atoms with Gasteiger partial charge >= 0.3 is 0 Å². The van der Waals surface area contributed by atoms with Crippen molar-refractivity contribution in [2.45, 2.75) is 51.7 Å². The van der Waals surface area contributed by atoms with Crippen LogP contribution in [-0.4, -0.2) is 23.9 Å². The van der Waals surface area contributed by atoms with Crippen molar-refractivity contribution in [3.05, 3.63) is 28.2 Å². The third-order valence-corrected chi connectivity index (χ3v) is 4.56. The first-order valence-electron chi connectivity index (χ1n) is 7.83. The van der Waals surface area contributed by atoms with E-state index in [9.17, 15) is 5.11 Å². The lowest BCUT2D eigenvalue weighted by molar-refractivity contribution is 0.000881. The standard InChI is InChI=1S/C17H26BrNO2/c1-13(2)10-19-11-14-6-5-7-15(18)16(14)21-12-17(20)8-3-4-9-17/h5-7,13,19-20H,3-4,8-12H2,1-2H3. The minimum absolute atomic E-state index is 0.382. The summed E-state index contributed by atoms with van der Waals surface area (Å²) in [5, 5.41) is 13.9. The number of halogens is 1. The summed E-state index contributed by atoms with van der Waals surface area (Å²) in [5.41, 5.74) is 0.490. The van der Waals surface area contributed by atoms with E-state index in [0.717, 1.165) is 54.6 Å². The van der Waals surface area contributed by atoms with E-state index in [2.05, 4.69) is 41.2 Å². The van der Waals surface area contributed by atoms with Crippen LogP contribution in [0.25, 0.3) is 0 Å². The molecule has 0 radical (unpaired) electrons. The zero-order chi connectivity index (χ0) is 15.3. The zero-order valence-corrected chi connectivity index (χ0v) is 14.6. The second-order valence-electron chi connectivity index (χ2n) is 6.47. The monoisotopic (exact) mass is 355 g/mol. The van der Waals surface area contributed by atoms with Crippen molar-refractivity contribution < 1.29 is 9.84 Å². The Morgan fingerprint density at radius 3 is 2.71 bits per heavy atom. The van der Waals surface area contributed by atoms with Gasteiger partial charge in [-0.1, -0.05) is 38.8 Å². The second-order valence-corrected chi connectivity index (χ2v) is 7.33. The maximum atomic E-state index is 10.4. The summed E-state index contributed by atoms with van der Waals surface area (Å²) in [4.78, 5) is 0. The Hall–Kier alpha value is -0.580. The largest absolute Gasteiger partial charge is 0.489 e. The van der Waals surface area contributed by atoms with E-state index in [0.29, 0.717) is 12.5 Å². The van der Waals surface area contributed by atoms with Gasteiger partial charge in [-0.3, -0.25) is 0 Å². The van der Waals surface area contributed by atoms with Crippen LogP contribution >= 0.6 is 15.9 Å². The van der Waals surface area contributed by atoms with Gasteiger partial charge in [0.2, 0.25) is 0 Å². The molecule has 1 fully saturated rings. The number of nitrogens with one attached hydrogen (secondary N) is 1. The highest BCUT2D eigenvalue weighted by atomic mass is 79.9. The molecule has 1 aliphatic carbocycles. The first-order valence-corrected chi connectivity index (χ1v) is 8.63. The molecule has 1 aromatic carbocycles. The highest BCUT2D eigenvalue weighted by Gasteiger charge is 2.32. The lowest BCUT2D eigenvalue weighted by Gasteiger charge is -2.24. The van der Waals surface area contributed by atoms with Gasteiger partial charge in [-0.2, -0.15) is 0 Å². The molecule has 0 spiro atoms. The van der Waals surface area contributed by atoms with Crippen molar-refractivity contribution in [2.75, 3.05) is 13.2 Å². The summed E-state index contributed by atoms with van der Waals surface area (Å²) in [7, 11) is 0. The van der Waals surface area contributed by atoms with E-state index < -0.39 is 5.60 Å². The first kappa shape index (κ1) is 16.8. The molecule has 3 nitrogen and oxygen atoms in total. The molecule has 1 saturated carbocycles. The second kappa shape index (κ2) is 7.61. The predicted octanol–water partition coefficient (Wildman–Crippen LogP) is 3.88. The van der Waals surface area contributed by atoms with Crippen molar-refractivity contribution in [2.24, 2.45) is 5.92 Å². The van der Waals surface area contributed by atoms with Crippen LogP contribution in [0, 0.1) is 5.92 Å². The SMILES string of the molecule is CC(C)CNCc1cccc(Br)c1OCC1(O)CCCC1. The van der Waals surface area contributed by atoms with E-state index in [1.807, 2.05) is 12.1 Å². The average Bonchev–Trinajstić information content (AvgIpc) is 2.85. The smallest absolute Gasteiger partial charge is 0.138 e. The van der Waals surface area contributed by atoms with E-state index in [1.54, 1.807) is 0 Å². The van der Waals surface area contributed by atoms with E-state index in [-0.39, 0.29) is 0 Å². The maximum absolute atomic E-state index is 10.4. The van der Waals surface area contributed by atoms with Gasteiger partial charge in [0, 0.05) is 12.1 Å². The fourth-order valence-electron chi connectivity index (χ4n) is 2.73. The maximum Gasteiger partial charge on any atom is 0.138 e. The molecule has 0 heterocycles. The van der Waals surface area contributed by atoms with Crippen LogP contribution in [-0.2, 0) is 6.54 Å². The summed E-state index contributed by atoms with van der Waals surface area (Å²) < 4.78 is 6.93. The summed E-state index contributed by atoms with van der Waals surface area (Å²) in [6.07, 6.45) is 3.88. The van der Waals surface area contributed by atoms with Gasteiger partial charge in [-0.15, -0.1) is 0 Å². The lowest BCUT2D eigenvalue weighted by atomic mass is 10.0. The Morgan fingerprint density at radius 1 is 1.33 bits per heavy atom. The fraction of sp³-hybridized carbons (Fsp3) is 0.647. The Morgan fingerprint density at radius 2 is 2.05 bits per heavy atom. The first-order chi connectivity index (χ1) is 10.0. The van der Waals surface area contributed by atoms with Crippen LogP contribution in [0.3, 0.4) is 0 Å². The Kier molecular flexibility index (Phi) is 6.08. The van der Waals surface area contributed by atoms with Gasteiger partial charge in [-0.05, 0) is 47.3 Å². The van der Waals surface area contributed by atoms with Crippen LogP contribution in [0.2, 0.25) is 0 Å². The van der Waals surface area contributed by atoms with Gasteiger partial charge in [0.05, 0.1) is 10.1 Å². The molecule has 1 aliphatic rings. The van der Waals surface area contributed by atoms with Crippen LogP contribution in [0.5, 0.6) is 5.75 Å². The topological polar surface area (TPSA) is 41.5 Å². The summed E-state index contributed by atoms with van der Waals surface area (Å²) in [6.45, 7) is 6.54. The summed E-state index contributed by atoms with van der Waals surface area (Å²) in [5.74, 6) is 1.48. The van der Waals surface area contributed by atoms with Crippen LogP contribution in [0.15, 0.2) is 22.7 Å². The van der Waals surface area contributed by atoms with Crippen LogP contribution in [0.1, 0.15) is 45.1 Å². The molecular formula is C17H26BrNO2. The van der Waals surface area contributed by atoms with Crippen LogP contribution in [0.4, 0.5) is 0 Å². The molecule has 0 aliphatic heterocycles. The van der Waals surface area contributed by atoms with Gasteiger partial charge in [-0.25, -0.2) is 0 Å². The molecule has 2 rings (SSSR count). The highest BCUT2D eigenvalue weighted by Crippen LogP contribution is 2.33. The molecule has 0 unspecified atom stereocenters. The summed E-state index contributed by atoms with van der Waals surface area (Å²) >= 11 is 3.56. The van der Waals surface area contributed by atoms with Crippen molar-refractivity contribution in [1.29, 1.82) is 0 Å². The zero-order valence-electron chi connectivity index (χ0n) is 13.0. The molecule has 21 heavy (non-hydrogen) atoms. The van der Waals surface area contributed by atoms with Crippen molar-refractivity contribution in [1.82, 2.24) is 5.32 Å². The Bertz CT molecular complexity index is 456. The van der Waals surface area contributed by atoms with Crippen molar-refractivity contribution in [3.63, 3.8) is 0 Å². The molecule has 0 bridgehead atoms. The number of rotatable bonds is 7. The molecule has 0 saturated heterocycles. The van der Waals surface area contributed by atoms with E-state index >= 15 is 0 Å². The highest BCUT2D eigenvalue weighted by molar-refractivity contribution is 9.10. The number of aliphatic hydroxyl groups is 1. The molecule has 1 aromatic rings. The van der Waals surface area contributed by atoms with Crippen molar-refractivity contribution >= 4 is 15.9 Å². The molecule has 0 amide bonds. The number of hydrogen-bond donors (Lipinski definition) is 2.